The SMILES string of the molecule is CNc1nc(C)nc2c1ncn2[C@@H]1O[C@](CCl)(COP(=O)(N[C@H](C)C(=O)OC)Oc2ccccc2)[C@@H](O)[C@H]1F. The van der Waals surface area contributed by atoms with Crippen molar-refractivity contribution in [2.24, 2.45) is 0 Å². The lowest BCUT2D eigenvalue weighted by Gasteiger charge is -2.31. The zero-order chi connectivity index (χ0) is 28.4. The van der Waals surface area contributed by atoms with Crippen molar-refractivity contribution in [2.75, 3.05) is 32.0 Å². The van der Waals surface area contributed by atoms with Crippen LogP contribution < -0.4 is 14.9 Å². The summed E-state index contributed by atoms with van der Waals surface area (Å²) in [5.41, 5.74) is -1.22. The first-order valence-corrected chi connectivity index (χ1v) is 13.9. The highest BCUT2D eigenvalue weighted by Gasteiger charge is 2.57. The Morgan fingerprint density at radius 1 is 1.36 bits per heavy atom. The van der Waals surface area contributed by atoms with E-state index in [0.29, 0.717) is 17.2 Å². The Kier molecular flexibility index (Phi) is 8.74. The number of benzene rings is 1. The number of esters is 1. The van der Waals surface area contributed by atoms with Crippen molar-refractivity contribution in [2.45, 2.75) is 44.0 Å². The van der Waals surface area contributed by atoms with Gasteiger partial charge >= 0.3 is 13.7 Å². The Labute approximate surface area is 228 Å². The fourth-order valence-corrected chi connectivity index (χ4v) is 5.90. The fourth-order valence-electron chi connectivity index (χ4n) is 4.06. The van der Waals surface area contributed by atoms with Gasteiger partial charge in [0.15, 0.2) is 29.4 Å². The predicted octanol–water partition coefficient (Wildman–Crippen LogP) is 2.74. The number of aryl methyl sites for hydroxylation is 1. The number of nitrogens with one attached hydrogen (secondary N) is 2. The molecule has 13 nitrogen and oxygen atoms in total. The number of alkyl halides is 2. The third-order valence-corrected chi connectivity index (χ3v) is 8.17. The summed E-state index contributed by atoms with van der Waals surface area (Å²) in [4.78, 5) is 24.9. The molecule has 0 bridgehead atoms. The molecule has 2 aromatic heterocycles. The van der Waals surface area contributed by atoms with Crippen LogP contribution in [0.2, 0.25) is 0 Å². The number of ether oxygens (including phenoxy) is 2. The molecule has 0 radical (unpaired) electrons. The van der Waals surface area contributed by atoms with E-state index >= 15 is 4.39 Å². The highest BCUT2D eigenvalue weighted by atomic mass is 35.5. The third kappa shape index (κ3) is 5.86. The Bertz CT molecular complexity index is 1370. The second-order valence-corrected chi connectivity index (χ2v) is 10.8. The molecule has 3 N–H and O–H groups in total. The Morgan fingerprint density at radius 3 is 2.72 bits per heavy atom. The summed E-state index contributed by atoms with van der Waals surface area (Å²) in [6.45, 7) is 2.40. The fraction of sp³-hybridized carbons (Fsp3) is 0.478. The Morgan fingerprint density at radius 2 is 2.08 bits per heavy atom. The normalized spacial score (nSPS) is 25.3. The molecule has 0 spiro atoms. The van der Waals surface area contributed by atoms with Gasteiger partial charge in [-0.3, -0.25) is 13.9 Å². The molecule has 3 heterocycles. The minimum absolute atomic E-state index is 0.166. The lowest BCUT2D eigenvalue weighted by atomic mass is 9.99. The highest BCUT2D eigenvalue weighted by molar-refractivity contribution is 7.52. The molecule has 39 heavy (non-hydrogen) atoms. The van der Waals surface area contributed by atoms with Crippen LogP contribution in [0.3, 0.4) is 0 Å². The van der Waals surface area contributed by atoms with Gasteiger partial charge in [-0.1, -0.05) is 18.2 Å². The molecule has 6 atom stereocenters. The van der Waals surface area contributed by atoms with Gasteiger partial charge in [-0.05, 0) is 26.0 Å². The van der Waals surface area contributed by atoms with Crippen molar-refractivity contribution in [3.63, 3.8) is 0 Å². The molecular weight excluding hydrogens is 558 g/mol. The molecule has 0 amide bonds. The van der Waals surface area contributed by atoms with E-state index in [-0.39, 0.29) is 11.4 Å². The minimum atomic E-state index is -4.33. The quantitative estimate of drug-likeness (QED) is 0.172. The first kappa shape index (κ1) is 29.1. The van der Waals surface area contributed by atoms with E-state index in [4.69, 9.17) is 25.4 Å². The summed E-state index contributed by atoms with van der Waals surface area (Å²) in [5, 5.41) is 16.3. The minimum Gasteiger partial charge on any atom is -0.468 e. The number of carbonyl (C=O) groups excluding carboxylic acids is 1. The number of fused-ring (bicyclic) bond motifs is 1. The number of methoxy groups -OCH3 is 1. The summed E-state index contributed by atoms with van der Waals surface area (Å²) in [6, 6.07) is 6.97. The first-order valence-electron chi connectivity index (χ1n) is 11.9. The number of hydrogen-bond acceptors (Lipinski definition) is 11. The van der Waals surface area contributed by atoms with Crippen LogP contribution in [0.5, 0.6) is 5.75 Å². The second kappa shape index (κ2) is 11.7. The molecule has 1 unspecified atom stereocenters. The van der Waals surface area contributed by atoms with E-state index in [1.54, 1.807) is 32.2 Å². The van der Waals surface area contributed by atoms with Gasteiger partial charge in [-0.25, -0.2) is 23.9 Å². The molecule has 1 aliphatic heterocycles. The van der Waals surface area contributed by atoms with Crippen molar-refractivity contribution < 1.29 is 37.4 Å². The summed E-state index contributed by atoms with van der Waals surface area (Å²) in [6.07, 6.45) is -3.87. The van der Waals surface area contributed by atoms with Gasteiger partial charge < -0.3 is 24.4 Å². The smallest absolute Gasteiger partial charge is 0.459 e. The van der Waals surface area contributed by atoms with E-state index in [2.05, 4.69) is 30.1 Å². The van der Waals surface area contributed by atoms with Crippen molar-refractivity contribution in [3.05, 3.63) is 42.5 Å². The third-order valence-electron chi connectivity index (χ3n) is 6.09. The summed E-state index contributed by atoms with van der Waals surface area (Å²) in [5.74, 6) is -0.166. The van der Waals surface area contributed by atoms with E-state index in [1.807, 2.05) is 0 Å². The van der Waals surface area contributed by atoms with Crippen LogP contribution in [-0.2, 0) is 23.4 Å². The van der Waals surface area contributed by atoms with Gasteiger partial charge in [-0.2, -0.15) is 5.09 Å². The van der Waals surface area contributed by atoms with Gasteiger partial charge in [0.2, 0.25) is 0 Å². The van der Waals surface area contributed by atoms with E-state index in [1.165, 1.54) is 37.1 Å². The number of nitrogens with zero attached hydrogens (tertiary/aromatic N) is 4. The van der Waals surface area contributed by atoms with Crippen LogP contribution in [-0.4, -0.2) is 81.2 Å². The zero-order valence-corrected chi connectivity index (χ0v) is 23.2. The zero-order valence-electron chi connectivity index (χ0n) is 21.6. The number of rotatable bonds is 11. The highest BCUT2D eigenvalue weighted by Crippen LogP contribution is 2.48. The van der Waals surface area contributed by atoms with Crippen LogP contribution in [0, 0.1) is 6.92 Å². The average molecular weight is 587 g/mol. The van der Waals surface area contributed by atoms with Gasteiger partial charge in [0.05, 0.1) is 25.9 Å². The Balaban J connectivity index is 1.62. The predicted molar refractivity (Wildman–Crippen MR) is 139 cm³/mol. The maximum atomic E-state index is 15.6. The number of carbonyl (C=O) groups is 1. The summed E-state index contributed by atoms with van der Waals surface area (Å²) >= 11 is 6.19. The molecule has 0 aliphatic carbocycles. The lowest BCUT2D eigenvalue weighted by molar-refractivity contribution is -0.142. The molecule has 1 aliphatic rings. The van der Waals surface area contributed by atoms with Gasteiger partial charge in [0, 0.05) is 7.05 Å². The first-order chi connectivity index (χ1) is 18.6. The number of aliphatic hydroxyl groups is 1. The topological polar surface area (TPSA) is 159 Å². The molecule has 1 saturated heterocycles. The van der Waals surface area contributed by atoms with E-state index in [0.717, 1.165) is 0 Å². The number of aliphatic hydroxyl groups excluding tert-OH is 1. The van der Waals surface area contributed by atoms with Gasteiger partial charge in [-0.15, -0.1) is 11.6 Å². The monoisotopic (exact) mass is 586 g/mol. The number of anilines is 1. The van der Waals surface area contributed by atoms with Crippen molar-refractivity contribution in [1.29, 1.82) is 0 Å². The van der Waals surface area contributed by atoms with E-state index < -0.39 is 56.3 Å². The average Bonchev–Trinajstić information content (AvgIpc) is 3.45. The van der Waals surface area contributed by atoms with Gasteiger partial charge in [0.25, 0.3) is 0 Å². The van der Waals surface area contributed by atoms with Gasteiger partial charge in [0.1, 0.15) is 29.3 Å². The standard InChI is InChI=1S/C23H29ClFN6O7P/c1-13(22(33)35-4)30-39(34,38-15-8-6-5-7-9-15)36-11-23(10-24)18(32)16(25)21(37-23)31-12-27-17-19(26-3)28-14(2)29-20(17)31/h5-9,12-13,16,18,21,32H,10-11H2,1-4H3,(H,30,34)(H,26,28,29)/t13-,16-,18+,21-,23-,39?/m1/s1. The summed E-state index contributed by atoms with van der Waals surface area (Å²) < 4.78 is 52.5. The number of hydrogen-bond donors (Lipinski definition) is 3. The number of halogens is 2. The Hall–Kier alpha value is -2.87. The number of aromatic nitrogens is 4. The molecule has 1 aromatic carbocycles. The molecule has 0 saturated carbocycles. The molecule has 212 valence electrons. The lowest BCUT2D eigenvalue weighted by Crippen LogP contribution is -2.48. The molecule has 1 fully saturated rings. The van der Waals surface area contributed by atoms with Crippen molar-refractivity contribution in [3.8, 4) is 5.75 Å². The maximum Gasteiger partial charge on any atom is 0.459 e. The van der Waals surface area contributed by atoms with E-state index in [9.17, 15) is 14.5 Å². The van der Waals surface area contributed by atoms with Crippen LogP contribution in [0.25, 0.3) is 11.2 Å². The number of para-hydroxylation sites is 1. The molecule has 16 heteroatoms. The molecule has 3 aromatic rings. The second-order valence-electron chi connectivity index (χ2n) is 8.84. The largest absolute Gasteiger partial charge is 0.468 e. The van der Waals surface area contributed by atoms with Crippen molar-refractivity contribution in [1.82, 2.24) is 24.6 Å². The van der Waals surface area contributed by atoms with Crippen LogP contribution in [0.4, 0.5) is 10.2 Å². The van der Waals surface area contributed by atoms with Crippen LogP contribution in [0.1, 0.15) is 19.0 Å². The summed E-state index contributed by atoms with van der Waals surface area (Å²) in [7, 11) is -1.50. The van der Waals surface area contributed by atoms with Crippen molar-refractivity contribution >= 4 is 42.3 Å². The number of imidazole rings is 1. The maximum absolute atomic E-state index is 15.6. The van der Waals surface area contributed by atoms with Crippen LogP contribution >= 0.6 is 19.3 Å². The molecular formula is C23H29ClFN6O7P. The van der Waals surface area contributed by atoms with Crippen LogP contribution in [0.15, 0.2) is 36.7 Å². The molecule has 4 rings (SSSR count).